The van der Waals surface area contributed by atoms with Crippen molar-refractivity contribution in [2.45, 2.75) is 136 Å². The molecule has 1 unspecified atom stereocenters. The van der Waals surface area contributed by atoms with Crippen molar-refractivity contribution < 1.29 is 67.6 Å². The monoisotopic (exact) mass is 1360 g/mol. The fourth-order valence-corrected chi connectivity index (χ4v) is 17.8. The molecule has 4 aromatic carbocycles. The van der Waals surface area contributed by atoms with Crippen molar-refractivity contribution in [2.24, 2.45) is 22.2 Å². The first-order valence-corrected chi connectivity index (χ1v) is 36.1. The lowest BCUT2D eigenvalue weighted by atomic mass is 9.32. The molecule has 6 fully saturated rings. The summed E-state index contributed by atoms with van der Waals surface area (Å²) in [6, 6.07) is 20.8. The van der Waals surface area contributed by atoms with Crippen molar-refractivity contribution >= 4 is 84.1 Å². The number of unbranched alkanes of at least 4 members (excludes halogenated alkanes) is 1. The van der Waals surface area contributed by atoms with E-state index < -0.39 is 94.3 Å². The highest BCUT2D eigenvalue weighted by Gasteiger charge is 2.73. The number of carbonyl (C=O) groups is 6. The van der Waals surface area contributed by atoms with Gasteiger partial charge in [0.05, 0.1) is 21.7 Å². The lowest BCUT2D eigenvalue weighted by Crippen LogP contribution is -2.66. The molecule has 0 spiro atoms. The Hall–Kier alpha value is -6.94. The Morgan fingerprint density at radius 1 is 0.798 bits per heavy atom. The maximum absolute atomic E-state index is 14.5. The maximum atomic E-state index is 14.5. The van der Waals surface area contributed by atoms with E-state index in [1.165, 1.54) is 41.1 Å². The van der Waals surface area contributed by atoms with Gasteiger partial charge in [0, 0.05) is 111 Å². The van der Waals surface area contributed by atoms with Gasteiger partial charge in [-0.3, -0.25) is 43.9 Å². The standard InChI is InChI=1S/C67H80F5N9O10S3/c1-64(2)26-22-45(51(37-64)65-40-66(41-65,42-65)63(68)69)38-79-32-34-80(35-33-79)47-16-14-43(15-17-47)58(83)76-94(90,91)49-18-19-52(55(36-49)93(88,89)67(70,71)72)74-46(39-92-48-10-5-4-6-11-48)25-31-78-29-23-44(24-30-78)60(85)77(3)28-8-7-27-73-53-13-9-12-50-57(53)62(87)81(61(50)86)54-20-21-56(82)75-59(54)84/h4-6,9-19,36,44,46,54,63,73-74H,7-8,20-35,37-42H2,1-3H3,(H,76,83)(H,75,82,84)/t46-,54?,65?,66?/m1/s1. The Balaban J connectivity index is 0.670. The van der Waals surface area contributed by atoms with Gasteiger partial charge in [-0.25, -0.2) is 30.3 Å². The van der Waals surface area contributed by atoms with Crippen LogP contribution in [0.3, 0.4) is 0 Å². The molecule has 4 N–H and O–H groups in total. The Morgan fingerprint density at radius 3 is 2.17 bits per heavy atom. The summed E-state index contributed by atoms with van der Waals surface area (Å²) >= 11 is 1.39. The van der Waals surface area contributed by atoms with Crippen LogP contribution in [0.5, 0.6) is 0 Å². The van der Waals surface area contributed by atoms with E-state index in [1.54, 1.807) is 36.2 Å². The number of alkyl halides is 5. The molecule has 4 aliphatic carbocycles. The van der Waals surface area contributed by atoms with E-state index in [1.807, 2.05) is 35.1 Å². The molecular formula is C67H80F5N9O10S3. The molecule has 6 amide bonds. The van der Waals surface area contributed by atoms with Gasteiger partial charge >= 0.3 is 5.51 Å². The number of likely N-dealkylation sites (tertiary alicyclic amines) is 1. The number of rotatable bonds is 25. The van der Waals surface area contributed by atoms with E-state index in [0.717, 1.165) is 66.5 Å². The molecule has 27 heteroatoms. The Morgan fingerprint density at radius 2 is 1.50 bits per heavy atom. The third-order valence-electron chi connectivity index (χ3n) is 20.1. The van der Waals surface area contributed by atoms with Crippen molar-refractivity contribution in [3.63, 3.8) is 0 Å². The summed E-state index contributed by atoms with van der Waals surface area (Å²) in [5.74, 6) is -3.49. The number of allylic oxidation sites excluding steroid dienone is 1. The van der Waals surface area contributed by atoms with Crippen LogP contribution in [0, 0.1) is 22.2 Å². The number of nitrogens with one attached hydrogen (secondary N) is 4. The fraction of sp³-hybridized carbons (Fsp3) is 0.522. The molecule has 4 aromatic rings. The Bertz CT molecular complexity index is 3820. The van der Waals surface area contributed by atoms with E-state index in [0.29, 0.717) is 109 Å². The Kier molecular flexibility index (Phi) is 19.9. The lowest BCUT2D eigenvalue weighted by Gasteiger charge is -2.72. The highest BCUT2D eigenvalue weighted by atomic mass is 32.2. The fourth-order valence-electron chi connectivity index (χ4n) is 14.8. The zero-order valence-electron chi connectivity index (χ0n) is 52.9. The molecule has 8 aliphatic rings. The molecule has 0 aromatic heterocycles. The van der Waals surface area contributed by atoms with Gasteiger partial charge in [0.1, 0.15) is 10.9 Å². The molecule has 94 heavy (non-hydrogen) atoms. The summed E-state index contributed by atoms with van der Waals surface area (Å²) in [6.45, 7) is 10.5. The number of hydrogen-bond acceptors (Lipinski definition) is 16. The number of benzene rings is 4. The number of hydrogen-bond donors (Lipinski definition) is 4. The number of amides is 6. The number of nitrogens with zero attached hydrogens (tertiary/aromatic N) is 5. The quantitative estimate of drug-likeness (QED) is 0.0159. The molecular weight excluding hydrogens is 1280 g/mol. The molecule has 2 atom stereocenters. The predicted octanol–water partition coefficient (Wildman–Crippen LogP) is 9.59. The SMILES string of the molecule is CN(CCCCNc1cccc2c1C(=O)N(C1CCC(=O)NC1=O)C2=O)C(=O)C1CCN(CC[C@H](CSc2ccccc2)Nc2ccc(S(=O)(=O)NC(=O)c3ccc(N4CCN(CC5=C(C67CC(C(F)F)(C6)C7)CC(C)(C)CC5)CC4)cc3)cc2S(=O)(=O)C(F)(F)F)CC1. The minimum atomic E-state index is -6.18. The van der Waals surface area contributed by atoms with E-state index in [2.05, 4.69) is 44.5 Å². The van der Waals surface area contributed by atoms with Gasteiger partial charge in [-0.05, 0) is 168 Å². The van der Waals surface area contributed by atoms with Crippen LogP contribution in [0.25, 0.3) is 0 Å². The van der Waals surface area contributed by atoms with E-state index in [4.69, 9.17) is 0 Å². The third-order valence-corrected chi connectivity index (χ3v) is 24.1. The number of sulfonamides is 1. The molecule has 3 saturated carbocycles. The first kappa shape index (κ1) is 68.4. The van der Waals surface area contributed by atoms with Crippen molar-refractivity contribution in [3.8, 4) is 0 Å². The predicted molar refractivity (Wildman–Crippen MR) is 346 cm³/mol. The summed E-state index contributed by atoms with van der Waals surface area (Å²) in [5, 5.41) is 8.43. The van der Waals surface area contributed by atoms with Gasteiger partial charge in [-0.1, -0.05) is 49.3 Å². The van der Waals surface area contributed by atoms with E-state index >= 15 is 0 Å². The van der Waals surface area contributed by atoms with Crippen LogP contribution in [-0.2, 0) is 34.2 Å². The van der Waals surface area contributed by atoms with Crippen LogP contribution < -0.4 is 25.6 Å². The number of halogens is 5. The second-order valence-corrected chi connectivity index (χ2v) is 31.9. The van der Waals surface area contributed by atoms with Crippen LogP contribution in [0.15, 0.2) is 117 Å². The number of piperidine rings is 2. The van der Waals surface area contributed by atoms with Gasteiger partial charge in [-0.15, -0.1) is 11.8 Å². The minimum Gasteiger partial charge on any atom is -0.384 e. The zero-order chi connectivity index (χ0) is 67.1. The lowest BCUT2D eigenvalue weighted by molar-refractivity contribution is -0.250. The number of sulfone groups is 1. The van der Waals surface area contributed by atoms with E-state index in [-0.39, 0.29) is 57.9 Å². The van der Waals surface area contributed by atoms with Gasteiger partial charge in [0.2, 0.25) is 24.1 Å². The second-order valence-electron chi connectivity index (χ2n) is 27.2. The first-order valence-electron chi connectivity index (χ1n) is 32.2. The van der Waals surface area contributed by atoms with Crippen LogP contribution in [0.2, 0.25) is 0 Å². The molecule has 3 saturated heterocycles. The summed E-state index contributed by atoms with van der Waals surface area (Å²) in [5.41, 5.74) is -2.78. The van der Waals surface area contributed by atoms with Crippen molar-refractivity contribution in [3.05, 3.63) is 119 Å². The normalized spacial score (nSPS) is 23.1. The van der Waals surface area contributed by atoms with Gasteiger partial charge in [0.25, 0.3) is 37.6 Å². The Labute approximate surface area is 549 Å². The van der Waals surface area contributed by atoms with Crippen LogP contribution >= 0.6 is 11.8 Å². The number of thioether (sulfide) groups is 1. The number of anilines is 3. The molecule has 4 heterocycles. The average molecular weight is 1360 g/mol. The van der Waals surface area contributed by atoms with Gasteiger partial charge in [-0.2, -0.15) is 13.2 Å². The van der Waals surface area contributed by atoms with Crippen molar-refractivity contribution in [1.29, 1.82) is 0 Å². The molecule has 2 bridgehead atoms. The first-order chi connectivity index (χ1) is 44.6. The van der Waals surface area contributed by atoms with Gasteiger partial charge in [0.15, 0.2) is 0 Å². The van der Waals surface area contributed by atoms with Crippen LogP contribution in [0.4, 0.5) is 39.0 Å². The molecule has 0 radical (unpaired) electrons. The second kappa shape index (κ2) is 27.3. The number of fused-ring (bicyclic) bond motifs is 1. The third kappa shape index (κ3) is 14.4. The summed E-state index contributed by atoms with van der Waals surface area (Å²) in [7, 11) is -9.41. The van der Waals surface area contributed by atoms with Crippen molar-refractivity contribution in [2.75, 3.05) is 93.8 Å². The van der Waals surface area contributed by atoms with E-state index in [9.17, 15) is 67.6 Å². The van der Waals surface area contributed by atoms with Crippen molar-refractivity contribution in [1.82, 2.24) is 29.6 Å². The summed E-state index contributed by atoms with van der Waals surface area (Å²) in [6.07, 6.45) is 5.05. The molecule has 4 aliphatic heterocycles. The smallest absolute Gasteiger partial charge is 0.384 e. The van der Waals surface area contributed by atoms with Gasteiger partial charge < -0.3 is 25.3 Å². The zero-order valence-corrected chi connectivity index (χ0v) is 55.3. The largest absolute Gasteiger partial charge is 0.501 e. The molecule has 12 rings (SSSR count). The number of imide groups is 2. The highest BCUT2D eigenvalue weighted by Crippen LogP contribution is 2.79. The maximum Gasteiger partial charge on any atom is 0.501 e. The number of carbonyl (C=O) groups excluding carboxylic acids is 6. The highest BCUT2D eigenvalue weighted by molar-refractivity contribution is 7.99. The topological polar surface area (TPSA) is 235 Å². The van der Waals surface area contributed by atoms with Crippen LogP contribution in [-0.4, -0.2) is 174 Å². The summed E-state index contributed by atoms with van der Waals surface area (Å²) in [4.78, 5) is 86.2. The minimum absolute atomic E-state index is 0.00631. The number of piperazine rings is 1. The summed E-state index contributed by atoms with van der Waals surface area (Å²) < 4.78 is 128. The molecule has 19 nitrogen and oxygen atoms in total. The average Bonchev–Trinajstić information content (AvgIpc) is 0.767. The molecule has 506 valence electrons. The van der Waals surface area contributed by atoms with Crippen LogP contribution in [0.1, 0.15) is 128 Å².